The van der Waals surface area contributed by atoms with Gasteiger partial charge in [-0.2, -0.15) is 0 Å². The molecule has 4 aromatic carbocycles. The van der Waals surface area contributed by atoms with Gasteiger partial charge in [-0.25, -0.2) is 4.39 Å². The number of nitrogens with zero attached hydrogens (tertiary/aromatic N) is 2. The van der Waals surface area contributed by atoms with E-state index in [1.807, 2.05) is 55.6 Å². The fourth-order valence-electron chi connectivity index (χ4n) is 5.37. The maximum Gasteiger partial charge on any atom is 0.128 e. The zero-order chi connectivity index (χ0) is 26.8. The predicted octanol–water partition coefficient (Wildman–Crippen LogP) is 6.49. The number of phenols is 2. The molecule has 0 aliphatic carbocycles. The molecule has 4 aromatic rings. The van der Waals surface area contributed by atoms with E-state index in [0.29, 0.717) is 18.4 Å². The second kappa shape index (κ2) is 11.1. The van der Waals surface area contributed by atoms with Crippen molar-refractivity contribution in [2.45, 2.75) is 36.5 Å². The highest BCUT2D eigenvalue weighted by Crippen LogP contribution is 2.47. The molecule has 1 aliphatic rings. The first-order valence-corrected chi connectivity index (χ1v) is 13.1. The zero-order valence-electron chi connectivity index (χ0n) is 21.0. The van der Waals surface area contributed by atoms with Crippen molar-refractivity contribution in [3.05, 3.63) is 114 Å². The quantitative estimate of drug-likeness (QED) is 0.206. The molecule has 0 bridgehead atoms. The van der Waals surface area contributed by atoms with E-state index >= 15 is 0 Å². The van der Waals surface area contributed by atoms with E-state index in [1.54, 1.807) is 36.4 Å². The third-order valence-electron chi connectivity index (χ3n) is 7.37. The minimum Gasteiger partial charge on any atom is -0.508 e. The predicted molar refractivity (Wildman–Crippen MR) is 152 cm³/mol. The van der Waals surface area contributed by atoms with Crippen molar-refractivity contribution in [3.63, 3.8) is 0 Å². The van der Waals surface area contributed by atoms with Crippen LogP contribution in [0.15, 0.2) is 97.1 Å². The second-order valence-electron chi connectivity index (χ2n) is 9.74. The molecule has 0 saturated carbocycles. The molecule has 0 aromatic heterocycles. The van der Waals surface area contributed by atoms with Crippen LogP contribution in [0.1, 0.15) is 36.1 Å². The number of likely N-dealkylation sites (N-methyl/N-ethyl adjacent to an activating group) is 1. The van der Waals surface area contributed by atoms with Crippen LogP contribution in [-0.4, -0.2) is 38.8 Å². The molecule has 196 valence electrons. The summed E-state index contributed by atoms with van der Waals surface area (Å²) in [5, 5.41) is 32.1. The summed E-state index contributed by atoms with van der Waals surface area (Å²) in [4.78, 5) is 4.34. The number of para-hydroxylation sites is 1. The Labute approximate surface area is 227 Å². The van der Waals surface area contributed by atoms with Crippen LogP contribution in [0.3, 0.4) is 0 Å². The summed E-state index contributed by atoms with van der Waals surface area (Å²) in [6.45, 7) is 0. The molecule has 1 saturated heterocycles. The van der Waals surface area contributed by atoms with Crippen LogP contribution in [0.4, 0.5) is 10.1 Å². The lowest BCUT2D eigenvalue weighted by molar-refractivity contribution is 0.146. The molecule has 3 N–H and O–H groups in total. The van der Waals surface area contributed by atoms with E-state index in [9.17, 15) is 19.7 Å². The maximum absolute atomic E-state index is 13.4. The Bertz CT molecular complexity index is 1390. The maximum atomic E-state index is 13.4. The van der Waals surface area contributed by atoms with Crippen LogP contribution in [0.2, 0.25) is 0 Å². The average molecular weight is 531 g/mol. The van der Waals surface area contributed by atoms with E-state index in [1.165, 1.54) is 12.1 Å². The van der Waals surface area contributed by atoms with Crippen molar-refractivity contribution in [2.75, 3.05) is 11.9 Å². The highest BCUT2D eigenvalue weighted by molar-refractivity contribution is 7.81. The Balaban J connectivity index is 1.49. The monoisotopic (exact) mass is 530 g/mol. The van der Waals surface area contributed by atoms with E-state index < -0.39 is 6.10 Å². The Morgan fingerprint density at radius 1 is 0.868 bits per heavy atom. The molecule has 0 radical (unpaired) electrons. The lowest BCUT2D eigenvalue weighted by Crippen LogP contribution is -2.33. The number of hydrogen-bond donors (Lipinski definition) is 4. The van der Waals surface area contributed by atoms with Crippen LogP contribution in [0.25, 0.3) is 11.1 Å². The highest BCUT2D eigenvalue weighted by Gasteiger charge is 2.45. The smallest absolute Gasteiger partial charge is 0.128 e. The SMILES string of the molecule is CN1C(CCC(O)c2ccc(F)cc2)C(c2ccc(-c3cccc(O)c3)cc2O)N(c2ccccc2)C1S. The summed E-state index contributed by atoms with van der Waals surface area (Å²) in [5.41, 5.74) is 3.74. The molecule has 1 heterocycles. The average Bonchev–Trinajstić information content (AvgIpc) is 3.17. The molecule has 1 aliphatic heterocycles. The molecule has 38 heavy (non-hydrogen) atoms. The molecule has 7 heteroatoms. The molecule has 4 atom stereocenters. The molecular weight excluding hydrogens is 499 g/mol. The first-order chi connectivity index (χ1) is 18.3. The van der Waals surface area contributed by atoms with Gasteiger partial charge in [0.05, 0.1) is 12.1 Å². The Hall–Kier alpha value is -3.52. The molecule has 1 fully saturated rings. The van der Waals surface area contributed by atoms with Gasteiger partial charge in [0, 0.05) is 17.3 Å². The summed E-state index contributed by atoms with van der Waals surface area (Å²) in [6.07, 6.45) is 0.339. The number of halogens is 1. The third kappa shape index (κ3) is 5.23. The van der Waals surface area contributed by atoms with Crippen LogP contribution in [0.5, 0.6) is 11.5 Å². The number of aliphatic hydroxyl groups is 1. The summed E-state index contributed by atoms with van der Waals surface area (Å²) < 4.78 is 13.4. The summed E-state index contributed by atoms with van der Waals surface area (Å²) in [7, 11) is 2.00. The number of anilines is 1. The minimum atomic E-state index is -0.740. The van der Waals surface area contributed by atoms with Crippen molar-refractivity contribution >= 4 is 18.3 Å². The Morgan fingerprint density at radius 2 is 1.58 bits per heavy atom. The van der Waals surface area contributed by atoms with Crippen molar-refractivity contribution in [3.8, 4) is 22.6 Å². The number of thiol groups is 1. The van der Waals surface area contributed by atoms with E-state index in [-0.39, 0.29) is 34.9 Å². The molecule has 5 rings (SSSR count). The van der Waals surface area contributed by atoms with E-state index in [0.717, 1.165) is 22.4 Å². The summed E-state index contributed by atoms with van der Waals surface area (Å²) >= 11 is 4.95. The van der Waals surface area contributed by atoms with Crippen molar-refractivity contribution < 1.29 is 19.7 Å². The lowest BCUT2D eigenvalue weighted by atomic mass is 9.91. The number of aromatic hydroxyl groups is 2. The van der Waals surface area contributed by atoms with Crippen LogP contribution >= 0.6 is 12.6 Å². The largest absolute Gasteiger partial charge is 0.508 e. The summed E-state index contributed by atoms with van der Waals surface area (Å²) in [6, 6.07) is 28.1. The zero-order valence-corrected chi connectivity index (χ0v) is 21.9. The van der Waals surface area contributed by atoms with Gasteiger partial charge in [-0.3, -0.25) is 4.90 Å². The fourth-order valence-corrected chi connectivity index (χ4v) is 5.82. The third-order valence-corrected chi connectivity index (χ3v) is 7.99. The van der Waals surface area contributed by atoms with E-state index in [4.69, 9.17) is 12.6 Å². The normalized spacial score (nSPS) is 20.5. The first kappa shape index (κ1) is 26.1. The van der Waals surface area contributed by atoms with Gasteiger partial charge in [-0.15, -0.1) is 12.6 Å². The van der Waals surface area contributed by atoms with Crippen LogP contribution < -0.4 is 4.90 Å². The van der Waals surface area contributed by atoms with Gasteiger partial charge in [-0.1, -0.05) is 54.6 Å². The molecule has 5 nitrogen and oxygen atoms in total. The van der Waals surface area contributed by atoms with Crippen molar-refractivity contribution in [2.24, 2.45) is 0 Å². The van der Waals surface area contributed by atoms with Gasteiger partial charge in [0.1, 0.15) is 22.8 Å². The Kier molecular flexibility index (Phi) is 7.61. The van der Waals surface area contributed by atoms with Gasteiger partial charge < -0.3 is 20.2 Å². The number of aliphatic hydroxyl groups excluding tert-OH is 1. The molecular formula is C31H31FN2O3S. The minimum absolute atomic E-state index is 0.0784. The van der Waals surface area contributed by atoms with Crippen LogP contribution in [-0.2, 0) is 0 Å². The van der Waals surface area contributed by atoms with Gasteiger partial charge >= 0.3 is 0 Å². The van der Waals surface area contributed by atoms with Gasteiger partial charge in [-0.05, 0) is 79.0 Å². The van der Waals surface area contributed by atoms with Gasteiger partial charge in [0.25, 0.3) is 0 Å². The van der Waals surface area contributed by atoms with Crippen LogP contribution in [0, 0.1) is 5.82 Å². The topological polar surface area (TPSA) is 67.2 Å². The standard InChI is InChI=1S/C31H31FN2O3S/c1-33-27(16-17-28(36)20-10-13-23(32)14-11-20)30(34(31(33)38)24-7-3-2-4-8-24)26-15-12-22(19-29(26)37)21-6-5-9-25(35)18-21/h2-15,18-19,27-28,30-31,35-38H,16-17H2,1H3. The molecule has 4 unspecified atom stereocenters. The van der Waals surface area contributed by atoms with E-state index in [2.05, 4.69) is 9.80 Å². The second-order valence-corrected chi connectivity index (χ2v) is 10.2. The molecule has 0 spiro atoms. The lowest BCUT2D eigenvalue weighted by Gasteiger charge is -2.32. The highest BCUT2D eigenvalue weighted by atomic mass is 32.1. The number of phenolic OH excluding ortho intramolecular Hbond substituents is 2. The number of rotatable bonds is 7. The number of hydrogen-bond acceptors (Lipinski definition) is 6. The van der Waals surface area contributed by atoms with Gasteiger partial charge in [0.15, 0.2) is 0 Å². The van der Waals surface area contributed by atoms with Crippen molar-refractivity contribution in [1.29, 1.82) is 0 Å². The number of benzene rings is 4. The Morgan fingerprint density at radius 3 is 2.26 bits per heavy atom. The summed E-state index contributed by atoms with van der Waals surface area (Å²) in [5.74, 6) is -0.0225. The fraction of sp³-hybridized carbons (Fsp3) is 0.226. The van der Waals surface area contributed by atoms with Gasteiger partial charge in [0.2, 0.25) is 0 Å². The molecule has 0 amide bonds. The first-order valence-electron chi connectivity index (χ1n) is 12.6. The van der Waals surface area contributed by atoms with Crippen molar-refractivity contribution in [1.82, 2.24) is 4.90 Å².